The SMILES string of the molecule is OB(O)O.P.[H-].[H-].[Sr+2]. The minimum Gasteiger partial charge on any atom is -1.00 e. The molecule has 0 aromatic heterocycles. The van der Waals surface area contributed by atoms with Crippen LogP contribution in [0.5, 0.6) is 0 Å². The van der Waals surface area contributed by atoms with Crippen LogP contribution in [0.15, 0.2) is 0 Å². The molecule has 1 atom stereocenters. The van der Waals surface area contributed by atoms with Crippen LogP contribution in [0.2, 0.25) is 0 Å². The summed E-state index contributed by atoms with van der Waals surface area (Å²) in [5.41, 5.74) is 0. The molecule has 1 unspecified atom stereocenters. The second-order valence-corrected chi connectivity index (χ2v) is 0.346. The average Bonchev–Trinajstić information content (AvgIpc) is 0.811. The van der Waals surface area contributed by atoms with Crippen LogP contribution in [0.1, 0.15) is 2.85 Å². The first-order valence-electron chi connectivity index (χ1n) is 0.775. The van der Waals surface area contributed by atoms with Crippen molar-refractivity contribution in [1.29, 1.82) is 0 Å². The third-order valence-corrected chi connectivity index (χ3v) is 0. The standard InChI is InChI=1S/BH3O3.H3P.Sr.2H/c2-1(3)4;;;;/h2-4H;1H3;;;/q;;+2;2*-1. The molecular formula is H8BO3PSr. The Kier molecular flexibility index (Phi) is 26.0. The summed E-state index contributed by atoms with van der Waals surface area (Å²) in [6, 6.07) is 0. The van der Waals surface area contributed by atoms with Crippen molar-refractivity contribution < 1.29 is 17.9 Å². The van der Waals surface area contributed by atoms with Gasteiger partial charge in [0.15, 0.2) is 0 Å². The van der Waals surface area contributed by atoms with Gasteiger partial charge in [-0.1, -0.05) is 0 Å². The van der Waals surface area contributed by atoms with Gasteiger partial charge in [0, 0.05) is 0 Å². The van der Waals surface area contributed by atoms with Gasteiger partial charge in [-0.2, -0.15) is 9.90 Å². The van der Waals surface area contributed by atoms with Gasteiger partial charge in [0.05, 0.1) is 0 Å². The molecule has 0 bridgehead atoms. The summed E-state index contributed by atoms with van der Waals surface area (Å²) < 4.78 is 0. The number of hydrogen-bond donors (Lipinski definition) is 3. The summed E-state index contributed by atoms with van der Waals surface area (Å²) in [6.45, 7) is 0. The molecule has 3 nitrogen and oxygen atoms in total. The van der Waals surface area contributed by atoms with Crippen LogP contribution in [-0.2, 0) is 0 Å². The van der Waals surface area contributed by atoms with E-state index in [1.165, 1.54) is 0 Å². The maximum absolute atomic E-state index is 7.17. The van der Waals surface area contributed by atoms with Crippen molar-refractivity contribution in [1.82, 2.24) is 0 Å². The van der Waals surface area contributed by atoms with Crippen LogP contribution in [-0.4, -0.2) is 67.9 Å². The molecular weight excluding hydrogens is 177 g/mol. The van der Waals surface area contributed by atoms with Crippen LogP contribution in [0.3, 0.4) is 0 Å². The Morgan fingerprint density at radius 3 is 1.17 bits per heavy atom. The van der Waals surface area contributed by atoms with Gasteiger partial charge in [-0.05, 0) is 0 Å². The zero-order valence-corrected chi connectivity index (χ0v) is 8.22. The van der Waals surface area contributed by atoms with E-state index in [1.54, 1.807) is 0 Å². The fraction of sp³-hybridized carbons (Fsp3) is 0. The van der Waals surface area contributed by atoms with E-state index in [9.17, 15) is 0 Å². The van der Waals surface area contributed by atoms with Crippen LogP contribution < -0.4 is 0 Å². The summed E-state index contributed by atoms with van der Waals surface area (Å²) in [4.78, 5) is 0. The molecule has 0 rings (SSSR count). The summed E-state index contributed by atoms with van der Waals surface area (Å²) in [5.74, 6) is 0. The smallest absolute Gasteiger partial charge is 1.00 e. The fourth-order valence-corrected chi connectivity index (χ4v) is 0. The molecule has 0 spiro atoms. The second kappa shape index (κ2) is 9.97. The van der Waals surface area contributed by atoms with Crippen molar-refractivity contribution >= 4 is 62.7 Å². The maximum Gasteiger partial charge on any atom is 2.00 e. The Hall–Kier alpha value is 1.86. The van der Waals surface area contributed by atoms with Crippen molar-refractivity contribution in [3.63, 3.8) is 0 Å². The molecule has 0 saturated heterocycles. The van der Waals surface area contributed by atoms with E-state index in [2.05, 4.69) is 0 Å². The second-order valence-electron chi connectivity index (χ2n) is 0.346. The fourth-order valence-electron chi connectivity index (χ4n) is 0. The monoisotopic (exact) mass is 186 g/mol. The average molecular weight is 185 g/mol. The first-order chi connectivity index (χ1) is 1.73. The van der Waals surface area contributed by atoms with Crippen LogP contribution in [0, 0.1) is 0 Å². The first-order valence-corrected chi connectivity index (χ1v) is 0.775. The summed E-state index contributed by atoms with van der Waals surface area (Å²) in [7, 11) is -2.17. The van der Waals surface area contributed by atoms with Crippen LogP contribution in [0.25, 0.3) is 0 Å². The Morgan fingerprint density at radius 2 is 1.17 bits per heavy atom. The molecule has 6 heavy (non-hydrogen) atoms. The van der Waals surface area contributed by atoms with Gasteiger partial charge in [-0.25, -0.2) is 0 Å². The van der Waals surface area contributed by atoms with Crippen molar-refractivity contribution in [3.05, 3.63) is 0 Å². The third-order valence-electron chi connectivity index (χ3n) is 0. The van der Waals surface area contributed by atoms with E-state index < -0.39 is 7.32 Å². The first kappa shape index (κ1) is 15.7. The van der Waals surface area contributed by atoms with E-state index in [1.807, 2.05) is 0 Å². The van der Waals surface area contributed by atoms with E-state index >= 15 is 0 Å². The predicted octanol–water partition coefficient (Wildman–Crippen LogP) is -2.15. The molecule has 0 amide bonds. The van der Waals surface area contributed by atoms with Gasteiger partial charge >= 0.3 is 52.8 Å². The number of rotatable bonds is 0. The summed E-state index contributed by atoms with van der Waals surface area (Å²) in [6.07, 6.45) is 0. The summed E-state index contributed by atoms with van der Waals surface area (Å²) in [5, 5.41) is 21.5. The Morgan fingerprint density at radius 1 is 1.17 bits per heavy atom. The molecule has 0 saturated carbocycles. The molecule has 0 aromatic rings. The van der Waals surface area contributed by atoms with Gasteiger partial charge in [0.2, 0.25) is 0 Å². The van der Waals surface area contributed by atoms with E-state index in [0.29, 0.717) is 0 Å². The molecule has 0 aliphatic heterocycles. The molecule has 0 heterocycles. The van der Waals surface area contributed by atoms with Crippen molar-refractivity contribution in [2.75, 3.05) is 0 Å². The van der Waals surface area contributed by atoms with Crippen molar-refractivity contribution in [2.24, 2.45) is 0 Å². The molecule has 0 aliphatic carbocycles. The Bertz CT molecular complexity index is 22.0. The quantitative estimate of drug-likeness (QED) is 0.298. The van der Waals surface area contributed by atoms with Crippen LogP contribution >= 0.6 is 9.90 Å². The van der Waals surface area contributed by atoms with Gasteiger partial charge in [0.25, 0.3) is 0 Å². The molecule has 0 fully saturated rings. The molecule has 0 aliphatic rings. The van der Waals surface area contributed by atoms with E-state index in [4.69, 9.17) is 15.1 Å². The van der Waals surface area contributed by atoms with Gasteiger partial charge in [-0.15, -0.1) is 0 Å². The van der Waals surface area contributed by atoms with Gasteiger partial charge in [0.1, 0.15) is 0 Å². The van der Waals surface area contributed by atoms with Gasteiger partial charge < -0.3 is 17.9 Å². The largest absolute Gasteiger partial charge is 2.00 e. The summed E-state index contributed by atoms with van der Waals surface area (Å²) >= 11 is 0. The predicted molar refractivity (Wildman–Crippen MR) is 31.5 cm³/mol. The van der Waals surface area contributed by atoms with Gasteiger partial charge in [-0.3, -0.25) is 0 Å². The molecule has 3 N–H and O–H groups in total. The maximum atomic E-state index is 7.17. The zero-order chi connectivity index (χ0) is 3.58. The van der Waals surface area contributed by atoms with Crippen LogP contribution in [0.4, 0.5) is 0 Å². The normalized spacial score (nSPS) is 4.50. The molecule has 0 aromatic carbocycles. The Labute approximate surface area is 79.8 Å². The molecule has 6 heteroatoms. The van der Waals surface area contributed by atoms with E-state index in [-0.39, 0.29) is 58.2 Å². The Balaban J connectivity index is -0.00000000750. The number of hydrogen-bond acceptors (Lipinski definition) is 3. The third kappa shape index (κ3) is 40.1. The molecule has 36 valence electrons. The van der Waals surface area contributed by atoms with Crippen molar-refractivity contribution in [3.8, 4) is 0 Å². The van der Waals surface area contributed by atoms with E-state index in [0.717, 1.165) is 0 Å². The topological polar surface area (TPSA) is 60.7 Å². The van der Waals surface area contributed by atoms with Crippen molar-refractivity contribution in [2.45, 2.75) is 0 Å². The minimum absolute atomic E-state index is 0. The zero-order valence-electron chi connectivity index (χ0n) is 5.33. The molecule has 0 radical (unpaired) electrons. The minimum atomic E-state index is -2.17.